The highest BCUT2D eigenvalue weighted by Crippen LogP contribution is 2.25. The van der Waals surface area contributed by atoms with Crippen LogP contribution in [0.25, 0.3) is 11.0 Å². The predicted molar refractivity (Wildman–Crippen MR) is 116 cm³/mol. The summed E-state index contributed by atoms with van der Waals surface area (Å²) in [6, 6.07) is 18.0. The molecule has 0 saturated carbocycles. The fourth-order valence-corrected chi connectivity index (χ4v) is 3.77. The Hall–Kier alpha value is -3.19. The second kappa shape index (κ2) is 8.87. The largest absolute Gasteiger partial charge is 0.325 e. The number of rotatable bonds is 7. The summed E-state index contributed by atoms with van der Waals surface area (Å²) < 4.78 is 1.85. The molecule has 146 valence electrons. The average molecular weight is 404 g/mol. The number of aromatic nitrogens is 4. The normalized spacial score (nSPS) is 10.9. The molecule has 0 aliphatic carbocycles. The van der Waals surface area contributed by atoms with E-state index in [9.17, 15) is 4.79 Å². The minimum absolute atomic E-state index is 0.0670. The molecule has 2 aromatic heterocycles. The van der Waals surface area contributed by atoms with E-state index in [1.54, 1.807) is 6.20 Å². The first-order valence-corrected chi connectivity index (χ1v) is 10.4. The molecule has 0 aliphatic rings. The van der Waals surface area contributed by atoms with Crippen LogP contribution in [0, 0.1) is 0 Å². The number of amides is 1. The van der Waals surface area contributed by atoms with Gasteiger partial charge in [-0.05, 0) is 29.7 Å². The Morgan fingerprint density at radius 2 is 1.83 bits per heavy atom. The zero-order valence-corrected chi connectivity index (χ0v) is 16.9. The maximum Gasteiger partial charge on any atom is 0.234 e. The van der Waals surface area contributed by atoms with Gasteiger partial charge < -0.3 is 5.32 Å². The minimum atomic E-state index is -0.0670. The van der Waals surface area contributed by atoms with Crippen molar-refractivity contribution in [3.63, 3.8) is 0 Å². The van der Waals surface area contributed by atoms with E-state index in [1.807, 2.05) is 47.1 Å². The Labute approximate surface area is 173 Å². The first-order chi connectivity index (χ1) is 14.2. The lowest BCUT2D eigenvalue weighted by molar-refractivity contribution is -0.113. The molecule has 0 aliphatic heterocycles. The van der Waals surface area contributed by atoms with E-state index < -0.39 is 0 Å². The Bertz CT molecular complexity index is 1110. The molecule has 7 heteroatoms. The van der Waals surface area contributed by atoms with Crippen LogP contribution in [0.2, 0.25) is 0 Å². The summed E-state index contributed by atoms with van der Waals surface area (Å²) in [5, 5.41) is 9.00. The van der Waals surface area contributed by atoms with Crippen molar-refractivity contribution >= 4 is 34.4 Å². The fourth-order valence-electron chi connectivity index (χ4n) is 3.01. The molecule has 4 rings (SSSR count). The summed E-state index contributed by atoms with van der Waals surface area (Å²) in [7, 11) is 0. The number of aryl methyl sites for hydroxylation is 1. The van der Waals surface area contributed by atoms with Gasteiger partial charge in [-0.1, -0.05) is 61.2 Å². The van der Waals surface area contributed by atoms with Crippen LogP contribution < -0.4 is 5.32 Å². The highest BCUT2D eigenvalue weighted by Gasteiger charge is 2.12. The molecule has 0 unspecified atom stereocenters. The molecule has 0 fully saturated rings. The van der Waals surface area contributed by atoms with Crippen LogP contribution in [0.5, 0.6) is 0 Å². The zero-order valence-electron chi connectivity index (χ0n) is 16.1. The minimum Gasteiger partial charge on any atom is -0.325 e. The number of carbonyl (C=O) groups is 1. The van der Waals surface area contributed by atoms with E-state index in [4.69, 9.17) is 0 Å². The van der Waals surface area contributed by atoms with Crippen molar-refractivity contribution in [1.29, 1.82) is 0 Å². The van der Waals surface area contributed by atoms with E-state index in [2.05, 4.69) is 39.4 Å². The van der Waals surface area contributed by atoms with Crippen molar-refractivity contribution in [2.45, 2.75) is 24.9 Å². The molecule has 2 heterocycles. The van der Waals surface area contributed by atoms with Gasteiger partial charge in [0.05, 0.1) is 23.9 Å². The van der Waals surface area contributed by atoms with Gasteiger partial charge >= 0.3 is 0 Å². The standard InChI is InChI=1S/C22H21N5OS/c1-2-16-8-10-18(11-9-16)26-20(28)14-29-22-19-12-25-27(21(19)23-15-24-22)13-17-6-4-3-5-7-17/h3-12,15H,2,13-14H2,1H3,(H,26,28). The number of fused-ring (bicyclic) bond motifs is 1. The lowest BCUT2D eigenvalue weighted by atomic mass is 10.1. The molecule has 1 amide bonds. The van der Waals surface area contributed by atoms with Crippen LogP contribution in [-0.2, 0) is 17.8 Å². The Kier molecular flexibility index (Phi) is 5.86. The number of thioether (sulfide) groups is 1. The third-order valence-corrected chi connectivity index (χ3v) is 5.56. The summed E-state index contributed by atoms with van der Waals surface area (Å²) >= 11 is 1.39. The van der Waals surface area contributed by atoms with Gasteiger partial charge in [-0.25, -0.2) is 14.6 Å². The number of carbonyl (C=O) groups excluding carboxylic acids is 1. The lowest BCUT2D eigenvalue weighted by Gasteiger charge is -2.06. The van der Waals surface area contributed by atoms with E-state index in [0.717, 1.165) is 33.7 Å². The molecule has 0 bridgehead atoms. The Morgan fingerprint density at radius 1 is 1.03 bits per heavy atom. The van der Waals surface area contributed by atoms with E-state index >= 15 is 0 Å². The quantitative estimate of drug-likeness (QED) is 0.370. The molecular weight excluding hydrogens is 382 g/mol. The number of hydrogen-bond acceptors (Lipinski definition) is 5. The van der Waals surface area contributed by atoms with Crippen molar-refractivity contribution in [2.75, 3.05) is 11.1 Å². The maximum absolute atomic E-state index is 12.3. The van der Waals surface area contributed by atoms with Crippen LogP contribution in [0.1, 0.15) is 18.1 Å². The number of hydrogen-bond donors (Lipinski definition) is 1. The second-order valence-corrected chi connectivity index (χ2v) is 7.56. The van der Waals surface area contributed by atoms with Gasteiger partial charge in [0.1, 0.15) is 11.4 Å². The van der Waals surface area contributed by atoms with Crippen molar-refractivity contribution in [1.82, 2.24) is 19.7 Å². The van der Waals surface area contributed by atoms with Crippen molar-refractivity contribution in [3.05, 3.63) is 78.2 Å². The van der Waals surface area contributed by atoms with Gasteiger partial charge in [-0.15, -0.1) is 0 Å². The summed E-state index contributed by atoms with van der Waals surface area (Å²) in [5.74, 6) is 0.202. The van der Waals surface area contributed by atoms with Crippen LogP contribution in [-0.4, -0.2) is 31.4 Å². The SMILES string of the molecule is CCc1ccc(NC(=O)CSc2ncnc3c2cnn3Cc2ccccc2)cc1. The van der Waals surface area contributed by atoms with E-state index in [-0.39, 0.29) is 11.7 Å². The van der Waals surface area contributed by atoms with Crippen LogP contribution in [0.3, 0.4) is 0 Å². The molecule has 2 aromatic carbocycles. The number of nitrogens with zero attached hydrogens (tertiary/aromatic N) is 4. The van der Waals surface area contributed by atoms with Gasteiger partial charge in [0.15, 0.2) is 5.65 Å². The van der Waals surface area contributed by atoms with Crippen molar-refractivity contribution in [3.8, 4) is 0 Å². The third kappa shape index (κ3) is 4.63. The maximum atomic E-state index is 12.3. The van der Waals surface area contributed by atoms with Crippen molar-refractivity contribution < 1.29 is 4.79 Å². The van der Waals surface area contributed by atoms with E-state index in [0.29, 0.717) is 6.54 Å². The molecule has 0 atom stereocenters. The molecular formula is C22H21N5OS. The highest BCUT2D eigenvalue weighted by molar-refractivity contribution is 8.00. The van der Waals surface area contributed by atoms with E-state index in [1.165, 1.54) is 23.7 Å². The molecule has 0 spiro atoms. The monoisotopic (exact) mass is 403 g/mol. The average Bonchev–Trinajstić information content (AvgIpc) is 3.17. The van der Waals surface area contributed by atoms with Gasteiger partial charge in [0, 0.05) is 5.69 Å². The van der Waals surface area contributed by atoms with Crippen LogP contribution in [0.4, 0.5) is 5.69 Å². The highest BCUT2D eigenvalue weighted by atomic mass is 32.2. The van der Waals surface area contributed by atoms with Crippen LogP contribution in [0.15, 0.2) is 72.1 Å². The second-order valence-electron chi connectivity index (χ2n) is 6.59. The molecule has 0 radical (unpaired) electrons. The van der Waals surface area contributed by atoms with Gasteiger partial charge in [0.2, 0.25) is 5.91 Å². The van der Waals surface area contributed by atoms with Gasteiger partial charge in [-0.2, -0.15) is 5.10 Å². The predicted octanol–water partition coefficient (Wildman–Crippen LogP) is 4.17. The first kappa shape index (κ1) is 19.1. The topological polar surface area (TPSA) is 72.7 Å². The molecule has 0 saturated heterocycles. The Balaban J connectivity index is 1.43. The van der Waals surface area contributed by atoms with Crippen molar-refractivity contribution in [2.24, 2.45) is 0 Å². The van der Waals surface area contributed by atoms with Gasteiger partial charge in [0.25, 0.3) is 0 Å². The summed E-state index contributed by atoms with van der Waals surface area (Å²) in [4.78, 5) is 21.1. The number of nitrogens with one attached hydrogen (secondary N) is 1. The Morgan fingerprint density at radius 3 is 2.59 bits per heavy atom. The van der Waals surface area contributed by atoms with Crippen LogP contribution >= 0.6 is 11.8 Å². The lowest BCUT2D eigenvalue weighted by Crippen LogP contribution is -2.14. The molecule has 1 N–H and O–H groups in total. The summed E-state index contributed by atoms with van der Waals surface area (Å²) in [6.45, 7) is 2.74. The summed E-state index contributed by atoms with van der Waals surface area (Å²) in [6.07, 6.45) is 4.27. The fraction of sp³-hybridized carbons (Fsp3) is 0.182. The van der Waals surface area contributed by atoms with Gasteiger partial charge in [-0.3, -0.25) is 4.79 Å². The number of benzene rings is 2. The first-order valence-electron chi connectivity index (χ1n) is 9.45. The summed E-state index contributed by atoms with van der Waals surface area (Å²) in [5.41, 5.74) is 3.96. The molecule has 4 aromatic rings. The number of anilines is 1. The molecule has 29 heavy (non-hydrogen) atoms. The third-order valence-electron chi connectivity index (χ3n) is 4.56. The molecule has 6 nitrogen and oxygen atoms in total. The smallest absolute Gasteiger partial charge is 0.234 e. The zero-order chi connectivity index (χ0) is 20.1.